The number of hydrogen-bond donors (Lipinski definition) is 2. The Kier molecular flexibility index (Phi) is 4.88. The van der Waals surface area contributed by atoms with Crippen molar-refractivity contribution in [2.45, 2.75) is 13.5 Å². The molecule has 1 aromatic heterocycles. The lowest BCUT2D eigenvalue weighted by Gasteiger charge is -2.05. The van der Waals surface area contributed by atoms with Crippen LogP contribution in [0.1, 0.15) is 25.8 Å². The minimum absolute atomic E-state index is 0.182. The van der Waals surface area contributed by atoms with Gasteiger partial charge < -0.3 is 10.4 Å². The van der Waals surface area contributed by atoms with Gasteiger partial charge in [-0.1, -0.05) is 24.0 Å². The molecule has 0 saturated carbocycles. The summed E-state index contributed by atoms with van der Waals surface area (Å²) < 4.78 is 0. The number of nitrogens with zero attached hydrogens (tertiary/aromatic N) is 1. The van der Waals surface area contributed by atoms with Crippen molar-refractivity contribution < 1.29 is 9.90 Å². The monoisotopic (exact) mass is 286 g/mol. The lowest BCUT2D eigenvalue weighted by atomic mass is 10.1. The molecule has 2 rings (SSSR count). The Bertz CT molecular complexity index is 668. The second-order valence-corrected chi connectivity index (χ2v) is 5.35. The molecular formula is C15H14N2O2S. The van der Waals surface area contributed by atoms with E-state index in [2.05, 4.69) is 22.1 Å². The normalized spacial score (nSPS) is 9.70. The van der Waals surface area contributed by atoms with Crippen LogP contribution >= 0.6 is 11.3 Å². The molecule has 0 bridgehead atoms. The summed E-state index contributed by atoms with van der Waals surface area (Å²) in [5.74, 6) is 5.15. The second-order valence-electron chi connectivity index (χ2n) is 4.03. The maximum atomic E-state index is 12.2. The number of aliphatic hydroxyl groups excluding tert-OH is 1. The summed E-state index contributed by atoms with van der Waals surface area (Å²) in [6.07, 6.45) is 1.76. The van der Waals surface area contributed by atoms with E-state index in [0.29, 0.717) is 17.7 Å². The van der Waals surface area contributed by atoms with Crippen molar-refractivity contribution in [3.63, 3.8) is 0 Å². The lowest BCUT2D eigenvalue weighted by Crippen LogP contribution is -2.23. The number of rotatable bonds is 3. The number of hydrogen-bond acceptors (Lipinski definition) is 4. The third-order valence-electron chi connectivity index (χ3n) is 2.57. The molecule has 5 heteroatoms. The van der Waals surface area contributed by atoms with Crippen LogP contribution in [0, 0.1) is 18.8 Å². The molecule has 102 valence electrons. The molecule has 4 nitrogen and oxygen atoms in total. The largest absolute Gasteiger partial charge is 0.384 e. The summed E-state index contributed by atoms with van der Waals surface area (Å²) in [4.78, 5) is 17.3. The van der Waals surface area contributed by atoms with Crippen LogP contribution in [-0.4, -0.2) is 22.6 Å². The van der Waals surface area contributed by atoms with E-state index in [1.165, 1.54) is 0 Å². The van der Waals surface area contributed by atoms with E-state index in [1.807, 2.05) is 13.0 Å². The molecule has 0 aliphatic carbocycles. The summed E-state index contributed by atoms with van der Waals surface area (Å²) in [6.45, 7) is 2.15. The third kappa shape index (κ3) is 3.67. The molecule has 1 amide bonds. The second kappa shape index (κ2) is 6.85. The first-order valence-electron chi connectivity index (χ1n) is 6.09. The summed E-state index contributed by atoms with van der Waals surface area (Å²) in [5, 5.41) is 12.6. The summed E-state index contributed by atoms with van der Waals surface area (Å²) >= 11 is 1.56. The van der Waals surface area contributed by atoms with Crippen molar-refractivity contribution in [1.82, 2.24) is 10.3 Å². The van der Waals surface area contributed by atoms with Gasteiger partial charge in [-0.05, 0) is 19.1 Å². The van der Waals surface area contributed by atoms with Gasteiger partial charge in [-0.3, -0.25) is 4.79 Å². The zero-order chi connectivity index (χ0) is 14.4. The van der Waals surface area contributed by atoms with Crippen LogP contribution in [0.25, 0.3) is 0 Å². The van der Waals surface area contributed by atoms with Crippen LogP contribution in [0.2, 0.25) is 0 Å². The van der Waals surface area contributed by atoms with Crippen molar-refractivity contribution in [3.8, 4) is 11.8 Å². The van der Waals surface area contributed by atoms with E-state index in [-0.39, 0.29) is 12.5 Å². The van der Waals surface area contributed by atoms with Gasteiger partial charge in [-0.25, -0.2) is 4.98 Å². The van der Waals surface area contributed by atoms with E-state index < -0.39 is 0 Å². The molecule has 1 heterocycles. The van der Waals surface area contributed by atoms with E-state index in [9.17, 15) is 4.79 Å². The number of thiazole rings is 1. The third-order valence-corrected chi connectivity index (χ3v) is 3.48. The molecule has 2 aromatic rings. The molecule has 0 aliphatic rings. The highest BCUT2D eigenvalue weighted by atomic mass is 32.1. The first-order valence-corrected chi connectivity index (χ1v) is 6.90. The molecular weight excluding hydrogens is 272 g/mol. The number of nitrogens with one attached hydrogen (secondary N) is 1. The average Bonchev–Trinajstić information content (AvgIpc) is 2.88. The highest BCUT2D eigenvalue weighted by Crippen LogP contribution is 2.12. The van der Waals surface area contributed by atoms with Crippen LogP contribution in [0.15, 0.2) is 30.5 Å². The molecule has 0 aliphatic heterocycles. The summed E-state index contributed by atoms with van der Waals surface area (Å²) in [6, 6.07) is 7.07. The zero-order valence-electron chi connectivity index (χ0n) is 11.0. The van der Waals surface area contributed by atoms with Crippen molar-refractivity contribution in [2.75, 3.05) is 6.61 Å². The van der Waals surface area contributed by atoms with Crippen LogP contribution < -0.4 is 5.32 Å². The van der Waals surface area contributed by atoms with Gasteiger partial charge in [0.1, 0.15) is 6.61 Å². The van der Waals surface area contributed by atoms with Crippen molar-refractivity contribution in [1.29, 1.82) is 0 Å². The molecule has 2 N–H and O–H groups in total. The molecule has 20 heavy (non-hydrogen) atoms. The topological polar surface area (TPSA) is 62.2 Å². The number of aryl methyl sites for hydroxylation is 1. The average molecular weight is 286 g/mol. The zero-order valence-corrected chi connectivity index (χ0v) is 11.8. The van der Waals surface area contributed by atoms with Gasteiger partial charge in [-0.2, -0.15) is 0 Å². The van der Waals surface area contributed by atoms with Crippen LogP contribution in [0.4, 0.5) is 0 Å². The van der Waals surface area contributed by atoms with Gasteiger partial charge in [0.25, 0.3) is 5.91 Å². The summed E-state index contributed by atoms with van der Waals surface area (Å²) in [7, 11) is 0. The van der Waals surface area contributed by atoms with Gasteiger partial charge in [0.15, 0.2) is 0 Å². The Morgan fingerprint density at radius 3 is 2.95 bits per heavy atom. The van der Waals surface area contributed by atoms with Crippen LogP contribution in [0.5, 0.6) is 0 Å². The quantitative estimate of drug-likeness (QED) is 0.845. The number of aliphatic hydroxyl groups is 1. The highest BCUT2D eigenvalue weighted by Gasteiger charge is 2.09. The SMILES string of the molecule is Cc1ncc(CNC(=O)c2ccccc2C#CCO)s1. The predicted molar refractivity (Wildman–Crippen MR) is 78.4 cm³/mol. The highest BCUT2D eigenvalue weighted by molar-refractivity contribution is 7.11. The van der Waals surface area contributed by atoms with E-state index in [0.717, 1.165) is 9.88 Å². The van der Waals surface area contributed by atoms with Crippen molar-refractivity contribution in [3.05, 3.63) is 51.5 Å². The molecule has 0 fully saturated rings. The van der Waals surface area contributed by atoms with Gasteiger partial charge in [0.05, 0.1) is 17.1 Å². The van der Waals surface area contributed by atoms with Gasteiger partial charge in [0, 0.05) is 16.6 Å². The molecule has 0 radical (unpaired) electrons. The van der Waals surface area contributed by atoms with Gasteiger partial charge >= 0.3 is 0 Å². The van der Waals surface area contributed by atoms with E-state index in [4.69, 9.17) is 5.11 Å². The minimum Gasteiger partial charge on any atom is -0.384 e. The van der Waals surface area contributed by atoms with Crippen LogP contribution in [0.3, 0.4) is 0 Å². The maximum absolute atomic E-state index is 12.2. The lowest BCUT2D eigenvalue weighted by molar-refractivity contribution is 0.0951. The van der Waals surface area contributed by atoms with Crippen LogP contribution in [-0.2, 0) is 6.54 Å². The number of aromatic nitrogens is 1. The molecule has 0 unspecified atom stereocenters. The Morgan fingerprint density at radius 2 is 2.25 bits per heavy atom. The first kappa shape index (κ1) is 14.3. The van der Waals surface area contributed by atoms with Crippen molar-refractivity contribution >= 4 is 17.2 Å². The molecule has 0 spiro atoms. The predicted octanol–water partition coefficient (Wildman–Crippen LogP) is 1.73. The number of carbonyl (C=O) groups is 1. The number of amides is 1. The fourth-order valence-electron chi connectivity index (χ4n) is 1.67. The smallest absolute Gasteiger partial charge is 0.252 e. The van der Waals surface area contributed by atoms with Gasteiger partial charge in [-0.15, -0.1) is 11.3 Å². The van der Waals surface area contributed by atoms with E-state index in [1.54, 1.807) is 35.7 Å². The number of carbonyl (C=O) groups excluding carboxylic acids is 1. The summed E-state index contributed by atoms with van der Waals surface area (Å²) in [5.41, 5.74) is 1.12. The van der Waals surface area contributed by atoms with E-state index >= 15 is 0 Å². The minimum atomic E-state index is -0.226. The molecule has 1 aromatic carbocycles. The fourth-order valence-corrected chi connectivity index (χ4v) is 2.41. The molecule has 0 atom stereocenters. The number of benzene rings is 1. The Hall–Kier alpha value is -2.16. The first-order chi connectivity index (χ1) is 9.70. The maximum Gasteiger partial charge on any atom is 0.252 e. The Labute approximate surface area is 121 Å². The Balaban J connectivity index is 2.09. The molecule has 0 saturated heterocycles. The standard InChI is InChI=1S/C15H14N2O2S/c1-11-16-9-13(20-11)10-17-15(19)14-7-3-2-5-12(14)6-4-8-18/h2-3,5,7,9,18H,8,10H2,1H3,(H,17,19). The fraction of sp³-hybridized carbons (Fsp3) is 0.200. The Morgan fingerprint density at radius 1 is 1.45 bits per heavy atom. The van der Waals surface area contributed by atoms with Crippen molar-refractivity contribution in [2.24, 2.45) is 0 Å². The van der Waals surface area contributed by atoms with Gasteiger partial charge in [0.2, 0.25) is 0 Å².